The normalized spacial score (nSPS) is 11.4. The summed E-state index contributed by atoms with van der Waals surface area (Å²) in [4.78, 5) is 3.80. The van der Waals surface area contributed by atoms with Gasteiger partial charge in [0, 0.05) is 6.54 Å². The van der Waals surface area contributed by atoms with E-state index in [9.17, 15) is 0 Å². The number of nitrogens with zero attached hydrogens (tertiary/aromatic N) is 1. The van der Waals surface area contributed by atoms with Gasteiger partial charge >= 0.3 is 0 Å². The summed E-state index contributed by atoms with van der Waals surface area (Å²) >= 11 is 0.968. The van der Waals surface area contributed by atoms with E-state index < -0.39 is 0 Å². The molecule has 0 amide bonds. The van der Waals surface area contributed by atoms with Crippen LogP contribution in [0, 0.1) is 5.41 Å². The van der Waals surface area contributed by atoms with E-state index in [0.29, 0.717) is 11.7 Å². The van der Waals surface area contributed by atoms with Crippen molar-refractivity contribution in [3.05, 3.63) is 0 Å². The van der Waals surface area contributed by atoms with Crippen LogP contribution < -0.4 is 11.5 Å². The molecule has 5 N–H and O–H groups in total. The summed E-state index contributed by atoms with van der Waals surface area (Å²) in [6.45, 7) is 2.50. The molecule has 52 valence electrons. The third kappa shape index (κ3) is 5.16. The molecule has 0 saturated carbocycles. The van der Waals surface area contributed by atoms with E-state index in [2.05, 4.69) is 4.99 Å². The van der Waals surface area contributed by atoms with Crippen LogP contribution >= 0.6 is 11.8 Å². The van der Waals surface area contributed by atoms with Crippen molar-refractivity contribution in [2.75, 3.05) is 6.54 Å². The van der Waals surface area contributed by atoms with Gasteiger partial charge in [-0.15, -0.1) is 0 Å². The SMILES string of the molecule is CCN=C(N)SC(=N)N. The van der Waals surface area contributed by atoms with Crippen LogP contribution in [-0.2, 0) is 0 Å². The standard InChI is InChI=1S/C4H10N4S/c1-2-8-4(7)9-3(5)6/h2H2,1H3,(H3,5,6)(H2,7,8). The van der Waals surface area contributed by atoms with Crippen molar-refractivity contribution in [2.24, 2.45) is 16.5 Å². The van der Waals surface area contributed by atoms with Crippen molar-refractivity contribution in [3.8, 4) is 0 Å². The van der Waals surface area contributed by atoms with Crippen molar-refractivity contribution in [1.82, 2.24) is 0 Å². The molecular formula is C4H10N4S. The molecule has 0 atom stereocenters. The Morgan fingerprint density at radius 1 is 1.67 bits per heavy atom. The Balaban J connectivity index is 3.62. The lowest BCUT2D eigenvalue weighted by atomic mass is 10.8. The third-order valence-electron chi connectivity index (χ3n) is 0.528. The van der Waals surface area contributed by atoms with Crippen LogP contribution in [0.3, 0.4) is 0 Å². The van der Waals surface area contributed by atoms with Crippen LogP contribution in [0.4, 0.5) is 0 Å². The second-order valence-corrected chi connectivity index (χ2v) is 2.34. The van der Waals surface area contributed by atoms with Crippen molar-refractivity contribution in [2.45, 2.75) is 6.92 Å². The molecule has 0 aliphatic carbocycles. The van der Waals surface area contributed by atoms with Crippen LogP contribution in [0.1, 0.15) is 6.92 Å². The minimum atomic E-state index is -0.0234. The molecule has 0 saturated heterocycles. The van der Waals surface area contributed by atoms with Gasteiger partial charge in [0.1, 0.15) is 0 Å². The Hall–Kier alpha value is -0.710. The van der Waals surface area contributed by atoms with E-state index in [0.717, 1.165) is 11.8 Å². The van der Waals surface area contributed by atoms with E-state index in [1.807, 2.05) is 6.92 Å². The van der Waals surface area contributed by atoms with Crippen molar-refractivity contribution in [1.29, 1.82) is 5.41 Å². The molecule has 9 heavy (non-hydrogen) atoms. The largest absolute Gasteiger partial charge is 0.378 e. The predicted molar refractivity (Wildman–Crippen MR) is 41.7 cm³/mol. The van der Waals surface area contributed by atoms with Crippen LogP contribution in [0.15, 0.2) is 4.99 Å². The first-order valence-electron chi connectivity index (χ1n) is 2.48. The Morgan fingerprint density at radius 2 is 2.22 bits per heavy atom. The second kappa shape index (κ2) is 4.20. The van der Waals surface area contributed by atoms with E-state index in [4.69, 9.17) is 16.9 Å². The van der Waals surface area contributed by atoms with Gasteiger partial charge in [0.25, 0.3) is 0 Å². The topological polar surface area (TPSA) is 88.2 Å². The molecular weight excluding hydrogens is 136 g/mol. The number of rotatable bonds is 1. The Bertz CT molecular complexity index is 131. The fraction of sp³-hybridized carbons (Fsp3) is 0.500. The summed E-state index contributed by atoms with van der Waals surface area (Å²) in [7, 11) is 0. The molecule has 0 aromatic rings. The number of hydrogen-bond donors (Lipinski definition) is 3. The average molecular weight is 146 g/mol. The number of thioether (sulfide) groups is 1. The van der Waals surface area contributed by atoms with Gasteiger partial charge in [-0.3, -0.25) is 10.4 Å². The first-order chi connectivity index (χ1) is 4.16. The fourth-order valence-corrected chi connectivity index (χ4v) is 0.720. The van der Waals surface area contributed by atoms with Crippen LogP contribution in [0.5, 0.6) is 0 Å². The summed E-state index contributed by atoms with van der Waals surface area (Å²) in [6.07, 6.45) is 0. The van der Waals surface area contributed by atoms with E-state index >= 15 is 0 Å². The summed E-state index contributed by atoms with van der Waals surface area (Å²) in [5, 5.41) is 7.11. The highest BCUT2D eigenvalue weighted by atomic mass is 32.2. The molecule has 0 radical (unpaired) electrons. The number of aliphatic imine (C=N–C) groups is 1. The molecule has 0 aliphatic rings. The summed E-state index contributed by atoms with van der Waals surface area (Å²) in [5.41, 5.74) is 10.3. The zero-order valence-electron chi connectivity index (χ0n) is 5.22. The summed E-state index contributed by atoms with van der Waals surface area (Å²) in [5.74, 6) is 0. The highest BCUT2D eigenvalue weighted by Crippen LogP contribution is 1.95. The van der Waals surface area contributed by atoms with Gasteiger partial charge in [-0.2, -0.15) is 0 Å². The lowest BCUT2D eigenvalue weighted by molar-refractivity contribution is 1.13. The number of hydrogen-bond acceptors (Lipinski definition) is 3. The summed E-state index contributed by atoms with van der Waals surface area (Å²) in [6, 6.07) is 0. The predicted octanol–water partition coefficient (Wildman–Crippen LogP) is -0.0523. The number of nitrogens with two attached hydrogens (primary N) is 2. The molecule has 0 rings (SSSR count). The van der Waals surface area contributed by atoms with Gasteiger partial charge in [-0.1, -0.05) is 0 Å². The van der Waals surface area contributed by atoms with Crippen molar-refractivity contribution >= 4 is 22.1 Å². The third-order valence-corrected chi connectivity index (χ3v) is 1.09. The lowest BCUT2D eigenvalue weighted by Gasteiger charge is -1.94. The Morgan fingerprint density at radius 3 is 2.56 bits per heavy atom. The van der Waals surface area contributed by atoms with Crippen LogP contribution in [-0.4, -0.2) is 16.9 Å². The number of nitrogens with one attached hydrogen (secondary N) is 1. The molecule has 0 aromatic carbocycles. The van der Waals surface area contributed by atoms with E-state index in [1.54, 1.807) is 0 Å². The van der Waals surface area contributed by atoms with Crippen molar-refractivity contribution < 1.29 is 0 Å². The average Bonchev–Trinajstić information content (AvgIpc) is 1.63. The molecule has 0 bridgehead atoms. The van der Waals surface area contributed by atoms with Crippen LogP contribution in [0.2, 0.25) is 0 Å². The van der Waals surface area contributed by atoms with Gasteiger partial charge in [0.05, 0.1) is 0 Å². The Kier molecular flexibility index (Phi) is 3.87. The first-order valence-corrected chi connectivity index (χ1v) is 3.30. The van der Waals surface area contributed by atoms with Crippen LogP contribution in [0.25, 0.3) is 0 Å². The van der Waals surface area contributed by atoms with Gasteiger partial charge in [-0.25, -0.2) is 0 Å². The highest BCUT2D eigenvalue weighted by Gasteiger charge is 1.92. The van der Waals surface area contributed by atoms with Gasteiger partial charge in [-0.05, 0) is 18.7 Å². The molecule has 0 aromatic heterocycles. The molecule has 0 unspecified atom stereocenters. The molecule has 0 heterocycles. The van der Waals surface area contributed by atoms with Gasteiger partial charge in [0.15, 0.2) is 10.3 Å². The highest BCUT2D eigenvalue weighted by molar-refractivity contribution is 8.26. The molecule has 4 nitrogen and oxygen atoms in total. The maximum absolute atomic E-state index is 6.78. The maximum atomic E-state index is 6.78. The lowest BCUT2D eigenvalue weighted by Crippen LogP contribution is -2.14. The van der Waals surface area contributed by atoms with Gasteiger partial charge < -0.3 is 11.5 Å². The zero-order chi connectivity index (χ0) is 7.28. The fourth-order valence-electron chi connectivity index (χ4n) is 0.301. The molecule has 5 heteroatoms. The second-order valence-electron chi connectivity index (χ2n) is 1.28. The minimum absolute atomic E-state index is 0.0234. The van der Waals surface area contributed by atoms with E-state index in [1.165, 1.54) is 0 Å². The monoisotopic (exact) mass is 146 g/mol. The molecule has 0 fully saturated rings. The van der Waals surface area contributed by atoms with E-state index in [-0.39, 0.29) is 5.17 Å². The smallest absolute Gasteiger partial charge is 0.161 e. The molecule has 0 spiro atoms. The minimum Gasteiger partial charge on any atom is -0.378 e. The zero-order valence-corrected chi connectivity index (χ0v) is 6.03. The quantitative estimate of drug-likeness (QED) is 0.358. The maximum Gasteiger partial charge on any atom is 0.161 e. The molecule has 0 aliphatic heterocycles. The van der Waals surface area contributed by atoms with Gasteiger partial charge in [0.2, 0.25) is 0 Å². The number of amidine groups is 2. The Labute approximate surface area is 58.2 Å². The summed E-state index contributed by atoms with van der Waals surface area (Å²) < 4.78 is 0. The van der Waals surface area contributed by atoms with Crippen molar-refractivity contribution in [3.63, 3.8) is 0 Å². The first kappa shape index (κ1) is 8.29.